The van der Waals surface area contributed by atoms with Crippen LogP contribution < -0.4 is 4.90 Å². The van der Waals surface area contributed by atoms with Crippen molar-refractivity contribution in [1.82, 2.24) is 14.9 Å². The largest absolute Gasteiger partial charge is 0.462 e. The lowest BCUT2D eigenvalue weighted by molar-refractivity contribution is -0.147. The first-order valence-corrected chi connectivity index (χ1v) is 11.7. The second-order valence-corrected chi connectivity index (χ2v) is 10.4. The van der Waals surface area contributed by atoms with E-state index in [9.17, 15) is 4.79 Å². The van der Waals surface area contributed by atoms with Gasteiger partial charge in [0.15, 0.2) is 0 Å². The predicted octanol–water partition coefficient (Wildman–Crippen LogP) is 2.13. The maximum Gasteiger partial charge on any atom is 0.310 e. The Morgan fingerprint density at radius 3 is 2.67 bits per heavy atom. The van der Waals surface area contributed by atoms with E-state index < -0.39 is 0 Å². The summed E-state index contributed by atoms with van der Waals surface area (Å²) in [6, 6.07) is 1.85. The van der Waals surface area contributed by atoms with E-state index >= 15 is 0 Å². The average molecular weight is 413 g/mol. The van der Waals surface area contributed by atoms with Gasteiger partial charge in [-0.3, -0.25) is 9.69 Å². The molecule has 6 rings (SSSR count). The van der Waals surface area contributed by atoms with Gasteiger partial charge in [0.2, 0.25) is 5.95 Å². The Balaban J connectivity index is 1.12. The summed E-state index contributed by atoms with van der Waals surface area (Å²) in [7, 11) is 0. The number of carbonyl (C=O) groups is 1. The summed E-state index contributed by atoms with van der Waals surface area (Å²) < 4.78 is 12.0. The third kappa shape index (κ3) is 3.04. The van der Waals surface area contributed by atoms with Crippen LogP contribution in [0.2, 0.25) is 0 Å². The molecule has 0 bridgehead atoms. The summed E-state index contributed by atoms with van der Waals surface area (Å²) in [5.74, 6) is 1.79. The molecule has 2 aliphatic carbocycles. The van der Waals surface area contributed by atoms with Crippen molar-refractivity contribution in [2.75, 3.05) is 44.2 Å². The number of esters is 1. The molecule has 2 saturated carbocycles. The standard InChI is InChI=1S/C23H32N4O3/c1-22-4-2-5-23(15-29-23)19(22)12-16-17(20(28)30-18(16)13-22)14-26-8-10-27(11-9-26)21-24-6-3-7-25-21/h3,6-7,16-19H,2,4-5,8-15H2,1H3/t16-,17-,18-,19-,22-,23-/m1/s1. The van der Waals surface area contributed by atoms with E-state index in [1.54, 1.807) is 12.4 Å². The lowest BCUT2D eigenvalue weighted by Crippen LogP contribution is -2.52. The Bertz CT molecular complexity index is 808. The fourth-order valence-corrected chi connectivity index (χ4v) is 7.03. The molecule has 4 heterocycles. The molecule has 3 saturated heterocycles. The molecule has 1 aromatic rings. The van der Waals surface area contributed by atoms with Crippen LogP contribution >= 0.6 is 0 Å². The van der Waals surface area contributed by atoms with Crippen molar-refractivity contribution in [1.29, 1.82) is 0 Å². The van der Waals surface area contributed by atoms with Gasteiger partial charge >= 0.3 is 5.97 Å². The molecule has 30 heavy (non-hydrogen) atoms. The van der Waals surface area contributed by atoms with E-state index in [0.29, 0.717) is 11.8 Å². The van der Waals surface area contributed by atoms with Crippen molar-refractivity contribution in [2.24, 2.45) is 23.2 Å². The van der Waals surface area contributed by atoms with E-state index in [1.807, 2.05) is 6.07 Å². The number of piperazine rings is 1. The minimum atomic E-state index is 0.0109. The van der Waals surface area contributed by atoms with Gasteiger partial charge in [-0.15, -0.1) is 0 Å². The Kier molecular flexibility index (Phi) is 4.36. The van der Waals surface area contributed by atoms with E-state index in [-0.39, 0.29) is 29.0 Å². The average Bonchev–Trinajstić information content (AvgIpc) is 3.46. The number of hydrogen-bond donors (Lipinski definition) is 0. The van der Waals surface area contributed by atoms with Crippen molar-refractivity contribution in [3.8, 4) is 0 Å². The molecular weight excluding hydrogens is 380 g/mol. The van der Waals surface area contributed by atoms with Crippen molar-refractivity contribution < 1.29 is 14.3 Å². The second-order valence-electron chi connectivity index (χ2n) is 10.4. The van der Waals surface area contributed by atoms with Gasteiger partial charge in [0, 0.05) is 51.0 Å². The minimum absolute atomic E-state index is 0.0109. The summed E-state index contributed by atoms with van der Waals surface area (Å²) in [6.45, 7) is 7.84. The van der Waals surface area contributed by atoms with Gasteiger partial charge in [-0.2, -0.15) is 0 Å². The molecule has 0 unspecified atom stereocenters. The van der Waals surface area contributed by atoms with Crippen LogP contribution in [0.5, 0.6) is 0 Å². The van der Waals surface area contributed by atoms with Crippen LogP contribution in [0, 0.1) is 23.2 Å². The van der Waals surface area contributed by atoms with Crippen LogP contribution in [0.15, 0.2) is 18.5 Å². The SMILES string of the molecule is C[C@]12CCC[C@@]3(CO3)[C@@H]1C[C@H]1[C@@H](C2)OC(=O)[C@@H]1CN1CCN(c2ncccn2)CC1. The minimum Gasteiger partial charge on any atom is -0.462 e. The maximum absolute atomic E-state index is 12.9. The molecule has 5 aliphatic rings. The highest BCUT2D eigenvalue weighted by molar-refractivity contribution is 5.75. The fourth-order valence-electron chi connectivity index (χ4n) is 7.03. The molecule has 0 N–H and O–H groups in total. The molecule has 6 atom stereocenters. The molecule has 7 nitrogen and oxygen atoms in total. The molecular formula is C23H32N4O3. The quantitative estimate of drug-likeness (QED) is 0.556. The molecule has 0 radical (unpaired) electrons. The first kappa shape index (κ1) is 19.0. The number of hydrogen-bond acceptors (Lipinski definition) is 7. The van der Waals surface area contributed by atoms with Crippen LogP contribution in [0.3, 0.4) is 0 Å². The maximum atomic E-state index is 12.9. The van der Waals surface area contributed by atoms with E-state index in [4.69, 9.17) is 9.47 Å². The molecule has 7 heteroatoms. The highest BCUT2D eigenvalue weighted by Crippen LogP contribution is 2.62. The fraction of sp³-hybridized carbons (Fsp3) is 0.783. The number of carbonyl (C=O) groups excluding carboxylic acids is 1. The molecule has 5 fully saturated rings. The van der Waals surface area contributed by atoms with Crippen molar-refractivity contribution in [2.45, 2.75) is 50.7 Å². The van der Waals surface area contributed by atoms with Crippen LogP contribution in [-0.2, 0) is 14.3 Å². The zero-order valence-corrected chi connectivity index (χ0v) is 17.8. The van der Waals surface area contributed by atoms with Gasteiger partial charge in [-0.05, 0) is 49.5 Å². The van der Waals surface area contributed by atoms with Crippen molar-refractivity contribution >= 4 is 11.9 Å². The number of anilines is 1. The topological polar surface area (TPSA) is 71.1 Å². The zero-order valence-electron chi connectivity index (χ0n) is 17.8. The first-order valence-electron chi connectivity index (χ1n) is 11.7. The molecule has 3 aliphatic heterocycles. The Morgan fingerprint density at radius 2 is 1.93 bits per heavy atom. The van der Waals surface area contributed by atoms with E-state index in [0.717, 1.165) is 58.1 Å². The lowest BCUT2D eigenvalue weighted by Gasteiger charge is -2.51. The summed E-state index contributed by atoms with van der Waals surface area (Å²) in [6.07, 6.45) is 9.51. The molecule has 162 valence electrons. The van der Waals surface area contributed by atoms with Crippen LogP contribution in [0.25, 0.3) is 0 Å². The van der Waals surface area contributed by atoms with Gasteiger partial charge in [0.1, 0.15) is 6.10 Å². The van der Waals surface area contributed by atoms with Gasteiger partial charge in [-0.1, -0.05) is 6.92 Å². The third-order valence-electron chi connectivity index (χ3n) is 8.74. The molecule has 0 amide bonds. The molecule has 1 aromatic heterocycles. The predicted molar refractivity (Wildman–Crippen MR) is 111 cm³/mol. The summed E-state index contributed by atoms with van der Waals surface area (Å²) >= 11 is 0. The number of rotatable bonds is 3. The highest BCUT2D eigenvalue weighted by Gasteiger charge is 2.65. The summed E-state index contributed by atoms with van der Waals surface area (Å²) in [4.78, 5) is 26.3. The first-order chi connectivity index (χ1) is 14.6. The van der Waals surface area contributed by atoms with E-state index in [1.165, 1.54) is 19.3 Å². The van der Waals surface area contributed by atoms with Crippen molar-refractivity contribution in [3.63, 3.8) is 0 Å². The highest BCUT2D eigenvalue weighted by atomic mass is 16.6. The number of nitrogens with zero attached hydrogens (tertiary/aromatic N) is 4. The van der Waals surface area contributed by atoms with Gasteiger partial charge in [0.05, 0.1) is 18.1 Å². The number of ether oxygens (including phenoxy) is 2. The second kappa shape index (κ2) is 6.89. The van der Waals surface area contributed by atoms with E-state index in [2.05, 4.69) is 26.7 Å². The van der Waals surface area contributed by atoms with Crippen LogP contribution in [-0.4, -0.2) is 71.9 Å². The zero-order chi connectivity index (χ0) is 20.3. The summed E-state index contributed by atoms with van der Waals surface area (Å²) in [5.41, 5.74) is 0.391. The van der Waals surface area contributed by atoms with Gasteiger partial charge in [-0.25, -0.2) is 9.97 Å². The van der Waals surface area contributed by atoms with Crippen LogP contribution in [0.4, 0.5) is 5.95 Å². The number of epoxide rings is 1. The normalized spacial score (nSPS) is 43.2. The molecule has 1 spiro atoms. The smallest absolute Gasteiger partial charge is 0.310 e. The number of fused-ring (bicyclic) bond motifs is 3. The monoisotopic (exact) mass is 412 g/mol. The molecule has 0 aromatic carbocycles. The Labute approximate surface area is 178 Å². The number of aromatic nitrogens is 2. The van der Waals surface area contributed by atoms with Gasteiger partial charge in [0.25, 0.3) is 0 Å². The summed E-state index contributed by atoms with van der Waals surface area (Å²) in [5, 5.41) is 0. The van der Waals surface area contributed by atoms with Crippen LogP contribution in [0.1, 0.15) is 39.0 Å². The Morgan fingerprint density at radius 1 is 1.17 bits per heavy atom. The third-order valence-corrected chi connectivity index (χ3v) is 8.74. The van der Waals surface area contributed by atoms with Crippen molar-refractivity contribution in [3.05, 3.63) is 18.5 Å². The van der Waals surface area contributed by atoms with Gasteiger partial charge < -0.3 is 14.4 Å². The lowest BCUT2D eigenvalue weighted by atomic mass is 9.53. The Hall–Kier alpha value is -1.73.